The van der Waals surface area contributed by atoms with Crippen LogP contribution in [0.1, 0.15) is 0 Å². The molecule has 31 rings (SSSR count). The molecule has 0 atom stereocenters. The molecule has 0 saturated heterocycles. The molecule has 0 aliphatic rings. The molecule has 0 amide bonds. The molecule has 0 radical (unpaired) electrons. The van der Waals surface area contributed by atoms with E-state index in [1.807, 2.05) is 96.3 Å². The number of thiophene rings is 1. The van der Waals surface area contributed by atoms with E-state index in [1.165, 1.54) is 47.1 Å². The minimum absolute atomic E-state index is 0.695. The number of para-hydroxylation sites is 4. The summed E-state index contributed by atoms with van der Waals surface area (Å²) < 4.78 is 21.8. The molecule has 0 N–H and O–H groups in total. The lowest BCUT2D eigenvalue weighted by molar-refractivity contribution is 0.672. The first kappa shape index (κ1) is 83.1. The number of hydrogen-bond donors (Lipinski definition) is 0. The number of nitrogens with zero attached hydrogens (tertiary/aromatic N) is 8. The van der Waals surface area contributed by atoms with Gasteiger partial charge < -0.3 is 13.3 Å². The van der Waals surface area contributed by atoms with E-state index in [9.17, 15) is 0 Å². The van der Waals surface area contributed by atoms with Crippen LogP contribution in [0, 0.1) is 0 Å². The summed E-state index contributed by atoms with van der Waals surface area (Å²) in [6, 6.07) is 164. The predicted molar refractivity (Wildman–Crippen MR) is 599 cm³/mol. The first-order chi connectivity index (χ1) is 71.4. The Bertz CT molecular complexity index is 10300. The molecule has 670 valence electrons. The molecule has 12 heteroatoms. The zero-order chi connectivity index (χ0) is 94.8. The molecule has 0 saturated carbocycles. The highest BCUT2D eigenvalue weighted by Crippen LogP contribution is 2.49. The van der Waals surface area contributed by atoms with Crippen molar-refractivity contribution in [3.05, 3.63) is 473 Å². The fourth-order valence-electron chi connectivity index (χ4n) is 21.4. The Labute approximate surface area is 827 Å². The monoisotopic (exact) mass is 1850 g/mol. The van der Waals surface area contributed by atoms with Gasteiger partial charge in [0.25, 0.3) is 0 Å². The Balaban J connectivity index is 0.0000000935. The van der Waals surface area contributed by atoms with Crippen molar-refractivity contribution in [1.29, 1.82) is 0 Å². The average molecular weight is 1860 g/mol. The molecule has 144 heavy (non-hydrogen) atoms. The summed E-state index contributed by atoms with van der Waals surface area (Å²) in [5.74, 6) is 2.85. The van der Waals surface area contributed by atoms with Crippen LogP contribution in [0.4, 0.5) is 0 Å². The zero-order valence-corrected chi connectivity index (χ0v) is 78.1. The predicted octanol–water partition coefficient (Wildman–Crippen LogP) is 36.0. The molecule has 0 unspecified atom stereocenters. The lowest BCUT2D eigenvalue weighted by Crippen LogP contribution is -1.96. The van der Waals surface area contributed by atoms with E-state index < -0.39 is 0 Å². The van der Waals surface area contributed by atoms with Crippen LogP contribution in [0.3, 0.4) is 0 Å². The van der Waals surface area contributed by atoms with E-state index in [1.54, 1.807) is 0 Å². The summed E-state index contributed by atoms with van der Waals surface area (Å²) in [7, 11) is 0. The van der Waals surface area contributed by atoms with Crippen LogP contribution in [-0.4, -0.2) is 39.9 Å². The maximum atomic E-state index is 6.44. The minimum Gasteiger partial charge on any atom is -0.455 e. The topological polar surface area (TPSA) is 143 Å². The molecule has 8 heterocycles. The summed E-state index contributed by atoms with van der Waals surface area (Å²) in [5.41, 5.74) is 21.1. The second-order valence-corrected chi connectivity index (χ2v) is 37.4. The summed E-state index contributed by atoms with van der Waals surface area (Å²) in [6.07, 6.45) is 0. The van der Waals surface area contributed by atoms with Crippen LogP contribution in [0.25, 0.3) is 296 Å². The van der Waals surface area contributed by atoms with Gasteiger partial charge in [0.1, 0.15) is 33.5 Å². The Morgan fingerprint density at radius 3 is 0.910 bits per heavy atom. The molecule has 0 bridgehead atoms. The van der Waals surface area contributed by atoms with Gasteiger partial charge in [-0.15, -0.1) is 11.3 Å². The third-order valence-electron chi connectivity index (χ3n) is 28.1. The zero-order valence-electron chi connectivity index (χ0n) is 77.2. The third-order valence-corrected chi connectivity index (χ3v) is 29.3. The standard InChI is InChI=1S/2C34H20N2O.C34H20N2S.C30H18N2O/c1-2-10-23(11-3-1)31-28-20-17-21-9-4-5-13-24(21)32(28)36-34(35-31)27-15-8-12-22-18-19-26-25-14-6-7-16-29(25)37-33(26)30(22)27;2*1-2-10-23(11-3-1)32-31-24-13-5-4-9-21(24)18-20-28(31)35-34(36-32)27-15-8-12-22-17-19-26-25-14-6-7-16-29(25)37-33(26)30(22)27;1-2-9-20(10-3-1)28-23-13-4-6-15-25(23)31-30(32-28)24-14-8-11-19-17-18-22-21-12-5-7-16-26(21)33-29(22)27(19)24/h3*1-20H;1-18H. The molecular formula is C132H78N8O3S. The van der Waals surface area contributed by atoms with E-state index in [4.69, 9.17) is 53.1 Å². The van der Waals surface area contributed by atoms with E-state index in [0.29, 0.717) is 17.5 Å². The van der Waals surface area contributed by atoms with Crippen LogP contribution in [-0.2, 0) is 0 Å². The average Bonchev–Trinajstić information content (AvgIpc) is 1.45. The second kappa shape index (κ2) is 34.5. The number of rotatable bonds is 8. The lowest BCUT2D eigenvalue weighted by Gasteiger charge is -2.13. The Kier molecular flexibility index (Phi) is 19.9. The smallest absolute Gasteiger partial charge is 0.161 e. The number of benzene rings is 23. The number of fused-ring (bicyclic) bond motifs is 30. The number of aromatic nitrogens is 8. The SMILES string of the molecule is c1ccc(-c2nc(-c3cccc4ccc5c6ccccc6oc5c34)nc3c2ccc2ccccc23)cc1.c1ccc(-c2nc(-c3cccc4ccc5c6ccccc6oc5c34)nc3ccc4ccccc4c23)cc1.c1ccc(-c2nc(-c3cccc4ccc5c6ccccc6oc5c34)nc3ccccc23)cc1.c1ccc(-c2nc(-c3cccc4ccc5c6ccccc6sc5c34)nc3ccc4ccccc4c23)cc1. The van der Waals surface area contributed by atoms with Gasteiger partial charge in [-0.2, -0.15) is 0 Å². The maximum absolute atomic E-state index is 6.44. The number of hydrogen-bond acceptors (Lipinski definition) is 12. The second-order valence-electron chi connectivity index (χ2n) is 36.4. The molecule has 31 aromatic rings. The van der Waals surface area contributed by atoms with Gasteiger partial charge in [-0.05, 0) is 115 Å². The molecule has 8 aromatic heterocycles. The van der Waals surface area contributed by atoms with Gasteiger partial charge in [-0.3, -0.25) is 0 Å². The fourth-order valence-corrected chi connectivity index (χ4v) is 22.7. The van der Waals surface area contributed by atoms with Gasteiger partial charge in [0.15, 0.2) is 23.3 Å². The summed E-state index contributed by atoms with van der Waals surface area (Å²) in [6.45, 7) is 0. The van der Waals surface area contributed by atoms with Gasteiger partial charge in [0, 0.05) is 145 Å². The molecule has 0 aliphatic carbocycles. The van der Waals surface area contributed by atoms with Crippen molar-refractivity contribution in [3.63, 3.8) is 0 Å². The quantitative estimate of drug-likeness (QED) is 0.134. The van der Waals surface area contributed by atoms with Crippen molar-refractivity contribution in [2.24, 2.45) is 0 Å². The fraction of sp³-hybridized carbons (Fsp3) is 0. The van der Waals surface area contributed by atoms with Crippen molar-refractivity contribution >= 4 is 216 Å². The van der Waals surface area contributed by atoms with E-state index in [2.05, 4.69) is 388 Å². The molecule has 0 aliphatic heterocycles. The van der Waals surface area contributed by atoms with Crippen molar-refractivity contribution in [2.75, 3.05) is 0 Å². The van der Waals surface area contributed by atoms with Crippen molar-refractivity contribution < 1.29 is 13.3 Å². The molecule has 11 nitrogen and oxygen atoms in total. The highest BCUT2D eigenvalue weighted by Gasteiger charge is 2.26. The van der Waals surface area contributed by atoms with Gasteiger partial charge in [0.05, 0.1) is 44.8 Å². The molecular weight excluding hydrogens is 1780 g/mol. The van der Waals surface area contributed by atoms with Gasteiger partial charge in [-0.1, -0.05) is 406 Å². The van der Waals surface area contributed by atoms with Crippen LogP contribution >= 0.6 is 11.3 Å². The van der Waals surface area contributed by atoms with E-state index in [0.717, 1.165) is 231 Å². The van der Waals surface area contributed by atoms with Gasteiger partial charge in [-0.25, -0.2) is 39.9 Å². The van der Waals surface area contributed by atoms with E-state index in [-0.39, 0.29) is 0 Å². The van der Waals surface area contributed by atoms with Gasteiger partial charge in [0.2, 0.25) is 0 Å². The third kappa shape index (κ3) is 14.1. The summed E-state index contributed by atoms with van der Waals surface area (Å²) >= 11 is 1.85. The van der Waals surface area contributed by atoms with Crippen LogP contribution in [0.5, 0.6) is 0 Å². The van der Waals surface area contributed by atoms with Crippen LogP contribution in [0.15, 0.2) is 486 Å². The molecule has 0 spiro atoms. The lowest BCUT2D eigenvalue weighted by atomic mass is 9.98. The highest BCUT2D eigenvalue weighted by atomic mass is 32.1. The summed E-state index contributed by atoms with van der Waals surface area (Å²) in [5, 5.41) is 29.4. The van der Waals surface area contributed by atoms with Gasteiger partial charge >= 0.3 is 0 Å². The Morgan fingerprint density at radius 2 is 0.458 bits per heavy atom. The maximum Gasteiger partial charge on any atom is 0.161 e. The van der Waals surface area contributed by atoms with Crippen molar-refractivity contribution in [2.45, 2.75) is 0 Å². The Morgan fingerprint density at radius 1 is 0.160 bits per heavy atom. The summed E-state index contributed by atoms with van der Waals surface area (Å²) in [4.78, 5) is 41.4. The van der Waals surface area contributed by atoms with Crippen LogP contribution in [0.2, 0.25) is 0 Å². The first-order valence-corrected chi connectivity index (χ1v) is 49.1. The number of furan rings is 3. The van der Waals surface area contributed by atoms with E-state index >= 15 is 0 Å². The Hall–Kier alpha value is -19.1. The van der Waals surface area contributed by atoms with Crippen LogP contribution < -0.4 is 0 Å². The normalized spacial score (nSPS) is 11.8. The first-order valence-electron chi connectivity index (χ1n) is 48.3. The highest BCUT2D eigenvalue weighted by molar-refractivity contribution is 7.26. The molecule has 23 aromatic carbocycles. The van der Waals surface area contributed by atoms with Crippen molar-refractivity contribution in [3.8, 4) is 90.6 Å². The molecule has 0 fully saturated rings. The minimum atomic E-state index is 0.695. The largest absolute Gasteiger partial charge is 0.455 e. The van der Waals surface area contributed by atoms with Crippen molar-refractivity contribution in [1.82, 2.24) is 39.9 Å².